The van der Waals surface area contributed by atoms with Crippen molar-refractivity contribution in [1.82, 2.24) is 4.90 Å². The third-order valence-electron chi connectivity index (χ3n) is 3.20. The van der Waals surface area contributed by atoms with Gasteiger partial charge in [0.2, 0.25) is 0 Å². The molecule has 1 aromatic carbocycles. The molecule has 0 spiro atoms. The summed E-state index contributed by atoms with van der Waals surface area (Å²) in [6.45, 7) is 4.55. The number of nitrogens with zero attached hydrogens (tertiary/aromatic N) is 3. The Labute approximate surface area is 103 Å². The monoisotopic (exact) mass is 232 g/mol. The van der Waals surface area contributed by atoms with E-state index in [0.29, 0.717) is 0 Å². The van der Waals surface area contributed by atoms with Crippen LogP contribution in [0.3, 0.4) is 0 Å². The molecule has 4 heteroatoms. The minimum absolute atomic E-state index is 1.04. The van der Waals surface area contributed by atoms with Gasteiger partial charge in [-0.3, -0.25) is 0 Å². The smallest absolute Gasteiger partial charge is 0.0538 e. The summed E-state index contributed by atoms with van der Waals surface area (Å²) in [5.41, 5.74) is 2.33. The molecule has 2 N–H and O–H groups in total. The number of benzene rings is 1. The van der Waals surface area contributed by atoms with Gasteiger partial charge in [0.15, 0.2) is 0 Å². The molecule has 1 heterocycles. The van der Waals surface area contributed by atoms with Crippen molar-refractivity contribution in [2.75, 3.05) is 38.1 Å². The van der Waals surface area contributed by atoms with Crippen molar-refractivity contribution in [3.05, 3.63) is 29.8 Å². The largest absolute Gasteiger partial charge is 0.370 e. The summed E-state index contributed by atoms with van der Waals surface area (Å²) in [5, 5.41) is 3.53. The van der Waals surface area contributed by atoms with Crippen LogP contribution in [0.25, 0.3) is 0 Å². The van der Waals surface area contributed by atoms with Crippen molar-refractivity contribution in [2.45, 2.75) is 6.42 Å². The maximum Gasteiger partial charge on any atom is 0.0538 e. The molecule has 1 aliphatic heterocycles. The lowest BCUT2D eigenvalue weighted by Crippen LogP contribution is -2.28. The van der Waals surface area contributed by atoms with Crippen molar-refractivity contribution in [3.8, 4) is 0 Å². The first-order chi connectivity index (χ1) is 8.29. The lowest BCUT2D eigenvalue weighted by Gasteiger charge is -2.22. The van der Waals surface area contributed by atoms with Gasteiger partial charge >= 0.3 is 0 Å². The van der Waals surface area contributed by atoms with E-state index in [-0.39, 0.29) is 0 Å². The molecular weight excluding hydrogens is 212 g/mol. The fraction of sp³-hybridized carbons (Fsp3) is 0.462. The summed E-state index contributed by atoms with van der Waals surface area (Å²) in [6, 6.07) is 8.39. The topological polar surface area (TPSA) is 44.9 Å². The Balaban J connectivity index is 2.05. The molecule has 0 unspecified atom stereocenters. The highest BCUT2D eigenvalue weighted by Crippen LogP contribution is 2.16. The highest BCUT2D eigenvalue weighted by atomic mass is 15.2. The van der Waals surface area contributed by atoms with Crippen LogP contribution in [0.15, 0.2) is 29.4 Å². The fourth-order valence-electron chi connectivity index (χ4n) is 2.16. The van der Waals surface area contributed by atoms with E-state index in [2.05, 4.69) is 46.2 Å². The van der Waals surface area contributed by atoms with E-state index >= 15 is 0 Å². The summed E-state index contributed by atoms with van der Waals surface area (Å²) in [4.78, 5) is 4.82. The second kappa shape index (κ2) is 5.68. The summed E-state index contributed by atoms with van der Waals surface area (Å²) in [6.07, 6.45) is 2.89. The Bertz CT molecular complexity index is 372. The second-order valence-corrected chi connectivity index (χ2v) is 4.51. The zero-order chi connectivity index (χ0) is 12.1. The normalized spacial score (nSPS) is 18.5. The van der Waals surface area contributed by atoms with Gasteiger partial charge in [0, 0.05) is 25.3 Å². The third kappa shape index (κ3) is 3.20. The Morgan fingerprint density at radius 1 is 1.12 bits per heavy atom. The van der Waals surface area contributed by atoms with Crippen molar-refractivity contribution >= 4 is 11.9 Å². The van der Waals surface area contributed by atoms with Crippen LogP contribution >= 0.6 is 0 Å². The zero-order valence-electron chi connectivity index (χ0n) is 10.3. The highest BCUT2D eigenvalue weighted by Gasteiger charge is 2.11. The molecule has 1 saturated heterocycles. The first-order valence-electron chi connectivity index (χ1n) is 6.06. The Hall–Kier alpha value is -1.55. The van der Waals surface area contributed by atoms with Gasteiger partial charge in [-0.2, -0.15) is 5.10 Å². The van der Waals surface area contributed by atoms with Crippen LogP contribution in [0.4, 0.5) is 5.69 Å². The van der Waals surface area contributed by atoms with Crippen LogP contribution < -0.4 is 10.7 Å². The molecule has 0 aromatic heterocycles. The van der Waals surface area contributed by atoms with Gasteiger partial charge in [0.25, 0.3) is 0 Å². The maximum atomic E-state index is 5.13. The molecule has 1 aliphatic rings. The summed E-state index contributed by atoms with van der Waals surface area (Å²) < 4.78 is 0. The maximum absolute atomic E-state index is 5.13. The Morgan fingerprint density at radius 3 is 2.59 bits per heavy atom. The lowest BCUT2D eigenvalue weighted by atomic mass is 10.2. The first-order valence-corrected chi connectivity index (χ1v) is 6.06. The molecule has 0 atom stereocenters. The minimum atomic E-state index is 1.04. The quantitative estimate of drug-likeness (QED) is 0.472. The van der Waals surface area contributed by atoms with Crippen molar-refractivity contribution in [3.63, 3.8) is 0 Å². The highest BCUT2D eigenvalue weighted by molar-refractivity contribution is 5.80. The van der Waals surface area contributed by atoms with Crippen LogP contribution in [0, 0.1) is 0 Å². The SMILES string of the molecule is CN1CCCN(c2ccc(C=NN)cc2)CC1. The molecule has 1 aromatic rings. The number of hydrazone groups is 1. The van der Waals surface area contributed by atoms with Gasteiger partial charge in [-0.15, -0.1) is 0 Å². The van der Waals surface area contributed by atoms with E-state index < -0.39 is 0 Å². The molecule has 0 aliphatic carbocycles. The molecule has 0 saturated carbocycles. The van der Waals surface area contributed by atoms with E-state index in [1.165, 1.54) is 18.7 Å². The van der Waals surface area contributed by atoms with Gasteiger partial charge in [-0.1, -0.05) is 12.1 Å². The van der Waals surface area contributed by atoms with Crippen molar-refractivity contribution in [1.29, 1.82) is 0 Å². The number of anilines is 1. The van der Waals surface area contributed by atoms with Crippen LogP contribution in [0.1, 0.15) is 12.0 Å². The summed E-state index contributed by atoms with van der Waals surface area (Å²) in [5.74, 6) is 5.13. The van der Waals surface area contributed by atoms with Crippen LogP contribution in [0.5, 0.6) is 0 Å². The van der Waals surface area contributed by atoms with E-state index in [9.17, 15) is 0 Å². The molecule has 1 fully saturated rings. The van der Waals surface area contributed by atoms with Crippen molar-refractivity contribution < 1.29 is 0 Å². The third-order valence-corrected chi connectivity index (χ3v) is 3.20. The average molecular weight is 232 g/mol. The molecule has 92 valence electrons. The van der Waals surface area contributed by atoms with Gasteiger partial charge in [0.1, 0.15) is 0 Å². The molecular formula is C13H20N4. The number of rotatable bonds is 2. The van der Waals surface area contributed by atoms with Gasteiger partial charge in [0.05, 0.1) is 6.21 Å². The molecule has 17 heavy (non-hydrogen) atoms. The van der Waals surface area contributed by atoms with Gasteiger partial charge in [-0.05, 0) is 37.7 Å². The minimum Gasteiger partial charge on any atom is -0.370 e. The Morgan fingerprint density at radius 2 is 1.88 bits per heavy atom. The molecule has 0 amide bonds. The standard InChI is InChI=1S/C13H20N4/c1-16-7-2-8-17(10-9-16)13-5-3-12(4-6-13)11-15-14/h3-6,11H,2,7-10,14H2,1H3. The molecule has 0 bridgehead atoms. The molecule has 2 rings (SSSR count). The average Bonchev–Trinajstić information content (AvgIpc) is 2.56. The first kappa shape index (κ1) is 11.9. The summed E-state index contributed by atoms with van der Waals surface area (Å²) in [7, 11) is 2.18. The zero-order valence-corrected chi connectivity index (χ0v) is 10.3. The van der Waals surface area contributed by atoms with Crippen molar-refractivity contribution in [2.24, 2.45) is 10.9 Å². The van der Waals surface area contributed by atoms with Crippen LogP contribution in [0.2, 0.25) is 0 Å². The number of nitrogens with two attached hydrogens (primary N) is 1. The molecule has 4 nitrogen and oxygen atoms in total. The van der Waals surface area contributed by atoms with Crippen LogP contribution in [-0.2, 0) is 0 Å². The van der Waals surface area contributed by atoms with E-state index in [4.69, 9.17) is 5.84 Å². The summed E-state index contributed by atoms with van der Waals surface area (Å²) >= 11 is 0. The van der Waals surface area contributed by atoms with E-state index in [1.807, 2.05) is 0 Å². The van der Waals surface area contributed by atoms with E-state index in [0.717, 1.165) is 25.2 Å². The Kier molecular flexibility index (Phi) is 3.98. The van der Waals surface area contributed by atoms with Gasteiger partial charge < -0.3 is 15.6 Å². The fourth-order valence-corrected chi connectivity index (χ4v) is 2.16. The number of hydrogen-bond acceptors (Lipinski definition) is 4. The van der Waals surface area contributed by atoms with Gasteiger partial charge in [-0.25, -0.2) is 0 Å². The number of likely N-dealkylation sites (N-methyl/N-ethyl adjacent to an activating group) is 1. The van der Waals surface area contributed by atoms with E-state index in [1.54, 1.807) is 6.21 Å². The molecule has 0 radical (unpaired) electrons. The predicted octanol–water partition coefficient (Wildman–Crippen LogP) is 1.12. The van der Waals surface area contributed by atoms with Crippen LogP contribution in [-0.4, -0.2) is 44.3 Å². The number of hydrogen-bond donors (Lipinski definition) is 1. The lowest BCUT2D eigenvalue weighted by molar-refractivity contribution is 0.360. The second-order valence-electron chi connectivity index (χ2n) is 4.51. The predicted molar refractivity (Wildman–Crippen MR) is 72.6 cm³/mol.